The monoisotopic (exact) mass is 472 g/mol. The molecule has 6 heteroatoms. The van der Waals surface area contributed by atoms with Gasteiger partial charge in [0.25, 0.3) is 0 Å². The third-order valence-corrected chi connectivity index (χ3v) is 5.25. The average Bonchev–Trinajstić information content (AvgIpc) is 2.83. The van der Waals surface area contributed by atoms with Gasteiger partial charge in [-0.3, -0.25) is 5.01 Å². The number of anilines is 1. The molecule has 0 saturated heterocycles. The first-order valence-corrected chi connectivity index (χ1v) is 10.5. The number of nitrogens with zero attached hydrogens (tertiary/aromatic N) is 4. The normalized spacial score (nSPS) is 10.9. The van der Waals surface area contributed by atoms with E-state index in [1.165, 1.54) is 0 Å². The van der Waals surface area contributed by atoms with Crippen LogP contribution in [-0.2, 0) is 0 Å². The fourth-order valence-corrected chi connectivity index (χ4v) is 3.33. The van der Waals surface area contributed by atoms with Crippen LogP contribution in [0, 0.1) is 0 Å². The number of hydrazone groups is 1. The molecule has 4 rings (SSSR count). The summed E-state index contributed by atoms with van der Waals surface area (Å²) in [5, 5.41) is 6.33. The fraction of sp³-hybridized carbons (Fsp3) is 0.0800. The Labute approximate surface area is 190 Å². The number of hydrogen-bond donors (Lipinski definition) is 0. The van der Waals surface area contributed by atoms with Crippen molar-refractivity contribution in [1.29, 1.82) is 0 Å². The number of aromatic nitrogens is 2. The molecular formula is C25H21BrN4O. The lowest BCUT2D eigenvalue weighted by atomic mass is 10.1. The summed E-state index contributed by atoms with van der Waals surface area (Å²) in [6, 6.07) is 27.7. The Morgan fingerprint density at radius 2 is 1.58 bits per heavy atom. The van der Waals surface area contributed by atoms with Crippen LogP contribution >= 0.6 is 15.9 Å². The number of ether oxygens (including phenoxy) is 1. The van der Waals surface area contributed by atoms with Gasteiger partial charge in [-0.05, 0) is 24.3 Å². The van der Waals surface area contributed by atoms with Crippen molar-refractivity contribution in [3.63, 3.8) is 0 Å². The molecule has 0 spiro atoms. The van der Waals surface area contributed by atoms with Gasteiger partial charge in [0.05, 0.1) is 19.0 Å². The molecule has 0 atom stereocenters. The quantitative estimate of drug-likeness (QED) is 0.253. The summed E-state index contributed by atoms with van der Waals surface area (Å²) in [4.78, 5) is 9.57. The van der Waals surface area contributed by atoms with E-state index in [4.69, 9.17) is 14.7 Å². The van der Waals surface area contributed by atoms with Crippen molar-refractivity contribution in [1.82, 2.24) is 9.97 Å². The first-order valence-electron chi connectivity index (χ1n) is 9.75. The summed E-state index contributed by atoms with van der Waals surface area (Å²) >= 11 is 3.48. The molecule has 0 aliphatic carbocycles. The highest BCUT2D eigenvalue weighted by Crippen LogP contribution is 2.27. The zero-order valence-electron chi connectivity index (χ0n) is 17.2. The SMILES string of the molecule is COc1ccccc1/C=N\N(C)c1cc(-c2ccccc2)nc(-c2ccc(Br)cc2)n1. The lowest BCUT2D eigenvalue weighted by Crippen LogP contribution is -2.12. The van der Waals surface area contributed by atoms with Crippen LogP contribution in [0.25, 0.3) is 22.6 Å². The maximum absolute atomic E-state index is 5.41. The fourth-order valence-electron chi connectivity index (χ4n) is 3.07. The largest absolute Gasteiger partial charge is 0.496 e. The number of para-hydroxylation sites is 1. The van der Waals surface area contributed by atoms with Gasteiger partial charge in [-0.1, -0.05) is 70.5 Å². The van der Waals surface area contributed by atoms with Gasteiger partial charge < -0.3 is 4.74 Å². The summed E-state index contributed by atoms with van der Waals surface area (Å²) in [5.74, 6) is 2.10. The first kappa shape index (κ1) is 20.8. The van der Waals surface area contributed by atoms with Crippen LogP contribution in [0.1, 0.15) is 5.56 Å². The molecule has 0 fully saturated rings. The zero-order chi connectivity index (χ0) is 21.6. The zero-order valence-corrected chi connectivity index (χ0v) is 18.8. The van der Waals surface area contributed by atoms with Crippen molar-refractivity contribution in [3.05, 3.63) is 95.0 Å². The Hall–Kier alpha value is -3.51. The van der Waals surface area contributed by atoms with Crippen molar-refractivity contribution >= 4 is 28.0 Å². The number of methoxy groups -OCH3 is 1. The van der Waals surface area contributed by atoms with Gasteiger partial charge in [0, 0.05) is 34.3 Å². The molecule has 0 N–H and O–H groups in total. The molecule has 1 aromatic heterocycles. The number of hydrogen-bond acceptors (Lipinski definition) is 5. The Morgan fingerprint density at radius 1 is 0.871 bits per heavy atom. The summed E-state index contributed by atoms with van der Waals surface area (Å²) in [6.45, 7) is 0. The lowest BCUT2D eigenvalue weighted by molar-refractivity contribution is 0.414. The van der Waals surface area contributed by atoms with Gasteiger partial charge in [0.15, 0.2) is 11.6 Å². The second kappa shape index (κ2) is 9.53. The average molecular weight is 473 g/mol. The van der Waals surface area contributed by atoms with Crippen LogP contribution in [0.15, 0.2) is 94.5 Å². The minimum Gasteiger partial charge on any atom is -0.496 e. The van der Waals surface area contributed by atoms with Gasteiger partial charge in [-0.25, -0.2) is 9.97 Å². The van der Waals surface area contributed by atoms with Crippen LogP contribution < -0.4 is 9.75 Å². The molecular weight excluding hydrogens is 452 g/mol. The van der Waals surface area contributed by atoms with E-state index in [0.717, 1.165) is 32.6 Å². The molecule has 5 nitrogen and oxygen atoms in total. The molecule has 0 amide bonds. The summed E-state index contributed by atoms with van der Waals surface area (Å²) < 4.78 is 6.42. The highest BCUT2D eigenvalue weighted by Gasteiger charge is 2.11. The Morgan fingerprint density at radius 3 is 2.32 bits per heavy atom. The van der Waals surface area contributed by atoms with E-state index in [2.05, 4.69) is 21.0 Å². The highest BCUT2D eigenvalue weighted by molar-refractivity contribution is 9.10. The molecule has 0 unspecified atom stereocenters. The lowest BCUT2D eigenvalue weighted by Gasteiger charge is -2.15. The van der Waals surface area contributed by atoms with E-state index in [1.54, 1.807) is 18.3 Å². The molecule has 4 aromatic rings. The Bertz CT molecular complexity index is 1190. The molecule has 0 saturated carbocycles. The number of benzene rings is 3. The maximum Gasteiger partial charge on any atom is 0.162 e. The smallest absolute Gasteiger partial charge is 0.162 e. The van der Waals surface area contributed by atoms with Crippen LogP contribution in [0.4, 0.5) is 5.82 Å². The van der Waals surface area contributed by atoms with Crippen LogP contribution in [0.5, 0.6) is 5.75 Å². The van der Waals surface area contributed by atoms with Crippen molar-refractivity contribution < 1.29 is 4.74 Å². The van der Waals surface area contributed by atoms with Crippen LogP contribution in [0.2, 0.25) is 0 Å². The summed E-state index contributed by atoms with van der Waals surface area (Å²) in [5.41, 5.74) is 3.68. The minimum atomic E-state index is 0.642. The van der Waals surface area contributed by atoms with Crippen molar-refractivity contribution in [2.45, 2.75) is 0 Å². The minimum absolute atomic E-state index is 0.642. The summed E-state index contributed by atoms with van der Waals surface area (Å²) in [6.07, 6.45) is 1.77. The highest BCUT2D eigenvalue weighted by atomic mass is 79.9. The molecule has 0 aliphatic heterocycles. The number of rotatable bonds is 6. The van der Waals surface area contributed by atoms with Crippen LogP contribution in [-0.4, -0.2) is 30.3 Å². The predicted octanol–water partition coefficient (Wildman–Crippen LogP) is 6.05. The number of halogens is 1. The molecule has 0 bridgehead atoms. The molecule has 3 aromatic carbocycles. The van der Waals surface area contributed by atoms with Crippen molar-refractivity contribution in [3.8, 4) is 28.4 Å². The Kier molecular flexibility index (Phi) is 6.38. The molecule has 0 aliphatic rings. The van der Waals surface area contributed by atoms with E-state index >= 15 is 0 Å². The van der Waals surface area contributed by atoms with Crippen molar-refractivity contribution in [2.75, 3.05) is 19.2 Å². The topological polar surface area (TPSA) is 50.6 Å². The van der Waals surface area contributed by atoms with Gasteiger partial charge in [-0.15, -0.1) is 0 Å². The predicted molar refractivity (Wildman–Crippen MR) is 130 cm³/mol. The summed E-state index contributed by atoms with van der Waals surface area (Å²) in [7, 11) is 3.52. The molecule has 0 radical (unpaired) electrons. The first-order chi connectivity index (χ1) is 15.1. The third-order valence-electron chi connectivity index (χ3n) is 4.73. The second-order valence-electron chi connectivity index (χ2n) is 6.82. The van der Waals surface area contributed by atoms with Gasteiger partial charge >= 0.3 is 0 Å². The standard InChI is InChI=1S/C25H21BrN4O/c1-30(27-17-20-10-6-7-11-23(20)31-2)24-16-22(18-8-4-3-5-9-18)28-25(29-24)19-12-14-21(26)15-13-19/h3-17H,1-2H3/b27-17-. The van der Waals surface area contributed by atoms with E-state index in [-0.39, 0.29) is 0 Å². The van der Waals surface area contributed by atoms with E-state index in [1.807, 2.05) is 92.0 Å². The van der Waals surface area contributed by atoms with E-state index < -0.39 is 0 Å². The van der Waals surface area contributed by atoms with E-state index in [0.29, 0.717) is 11.6 Å². The van der Waals surface area contributed by atoms with Crippen LogP contribution in [0.3, 0.4) is 0 Å². The maximum atomic E-state index is 5.41. The Balaban J connectivity index is 1.74. The van der Waals surface area contributed by atoms with Gasteiger partial charge in [0.1, 0.15) is 5.75 Å². The van der Waals surface area contributed by atoms with Gasteiger partial charge in [0.2, 0.25) is 0 Å². The third kappa shape index (κ3) is 4.98. The van der Waals surface area contributed by atoms with Crippen molar-refractivity contribution in [2.24, 2.45) is 5.10 Å². The van der Waals surface area contributed by atoms with Gasteiger partial charge in [-0.2, -0.15) is 5.10 Å². The molecule has 31 heavy (non-hydrogen) atoms. The molecule has 154 valence electrons. The second-order valence-corrected chi connectivity index (χ2v) is 7.73. The van der Waals surface area contributed by atoms with E-state index in [9.17, 15) is 0 Å². The molecule has 1 heterocycles.